The fourth-order valence-electron chi connectivity index (χ4n) is 2.98. The van der Waals surface area contributed by atoms with E-state index in [9.17, 15) is 9.59 Å². The van der Waals surface area contributed by atoms with Crippen LogP contribution in [0.1, 0.15) is 22.3 Å². The van der Waals surface area contributed by atoms with Gasteiger partial charge in [-0.25, -0.2) is 5.48 Å². The molecule has 1 aliphatic heterocycles. The van der Waals surface area contributed by atoms with Gasteiger partial charge in [0.2, 0.25) is 0 Å². The Labute approximate surface area is 163 Å². The van der Waals surface area contributed by atoms with Gasteiger partial charge in [-0.1, -0.05) is 11.8 Å². The molecule has 2 rings (SSSR count). The molecule has 1 heterocycles. The lowest BCUT2D eigenvalue weighted by molar-refractivity contribution is -0.160. The third-order valence-corrected chi connectivity index (χ3v) is 4.40. The van der Waals surface area contributed by atoms with E-state index >= 15 is 0 Å². The first kappa shape index (κ1) is 21.4. The van der Waals surface area contributed by atoms with Gasteiger partial charge in [0.1, 0.15) is 11.6 Å². The number of benzene rings is 1. The molecular weight excluding hydrogens is 362 g/mol. The molecule has 148 valence electrons. The fraction of sp³-hybridized carbons (Fsp3) is 0.400. The average molecular weight is 385 g/mol. The van der Waals surface area contributed by atoms with Crippen molar-refractivity contribution in [3.8, 4) is 23.7 Å². The van der Waals surface area contributed by atoms with Crippen LogP contribution in [-0.4, -0.2) is 72.5 Å². The Bertz CT molecular complexity index is 823. The molecule has 0 bridgehead atoms. The number of amides is 2. The van der Waals surface area contributed by atoms with Gasteiger partial charge in [0.25, 0.3) is 11.8 Å². The minimum Gasteiger partial charge on any atom is -0.395 e. The van der Waals surface area contributed by atoms with Gasteiger partial charge in [-0.3, -0.25) is 14.8 Å². The second kappa shape index (κ2) is 9.88. The van der Waals surface area contributed by atoms with E-state index in [0.717, 1.165) is 0 Å². The van der Waals surface area contributed by atoms with Crippen LogP contribution in [-0.2, 0) is 9.53 Å². The Morgan fingerprint density at radius 1 is 1.29 bits per heavy atom. The number of hydroxylamine groups is 1. The average Bonchev–Trinajstić information content (AvgIpc) is 2.69. The van der Waals surface area contributed by atoms with Crippen LogP contribution in [0.3, 0.4) is 0 Å². The van der Waals surface area contributed by atoms with Crippen LogP contribution in [0.5, 0.6) is 0 Å². The van der Waals surface area contributed by atoms with Crippen molar-refractivity contribution in [3.05, 3.63) is 35.4 Å². The molecule has 0 aliphatic carbocycles. The molecule has 1 unspecified atom stereocenters. The molecule has 8 heteroatoms. The zero-order valence-corrected chi connectivity index (χ0v) is 15.8. The number of likely N-dealkylation sites (tertiary alicyclic amines) is 1. The number of methoxy groups -OCH3 is 1. The lowest BCUT2D eigenvalue weighted by Gasteiger charge is -2.50. The Morgan fingerprint density at radius 2 is 1.96 bits per heavy atom. The van der Waals surface area contributed by atoms with E-state index in [4.69, 9.17) is 15.1 Å². The lowest BCUT2D eigenvalue weighted by atomic mass is 9.85. The first-order chi connectivity index (χ1) is 13.5. The normalized spacial score (nSPS) is 15.7. The van der Waals surface area contributed by atoms with Crippen molar-refractivity contribution in [2.75, 3.05) is 33.9 Å². The first-order valence-corrected chi connectivity index (χ1v) is 8.64. The number of aliphatic hydroxyl groups excluding tert-OH is 1. The number of ether oxygens (including phenoxy) is 1. The highest BCUT2D eigenvalue weighted by atomic mass is 16.5. The molecule has 0 aromatic heterocycles. The van der Waals surface area contributed by atoms with Gasteiger partial charge in [0.15, 0.2) is 0 Å². The van der Waals surface area contributed by atoms with Crippen molar-refractivity contribution in [1.29, 1.82) is 0 Å². The van der Waals surface area contributed by atoms with E-state index in [-0.39, 0.29) is 6.61 Å². The largest absolute Gasteiger partial charge is 0.395 e. The first-order valence-electron chi connectivity index (χ1n) is 8.64. The highest BCUT2D eigenvalue weighted by Gasteiger charge is 2.52. The van der Waals surface area contributed by atoms with E-state index in [0.29, 0.717) is 30.6 Å². The monoisotopic (exact) mass is 385 g/mol. The van der Waals surface area contributed by atoms with E-state index < -0.39 is 23.5 Å². The summed E-state index contributed by atoms with van der Waals surface area (Å²) in [5, 5.41) is 20.3. The predicted octanol–water partition coefficient (Wildman–Crippen LogP) is -0.642. The molecule has 0 saturated carbocycles. The summed E-state index contributed by atoms with van der Waals surface area (Å²) in [4.78, 5) is 26.6. The number of rotatable bonds is 6. The molecule has 8 nitrogen and oxygen atoms in total. The highest BCUT2D eigenvalue weighted by molar-refractivity contribution is 5.98. The van der Waals surface area contributed by atoms with Gasteiger partial charge in [0.05, 0.1) is 6.61 Å². The lowest BCUT2D eigenvalue weighted by Crippen LogP contribution is -2.74. The third kappa shape index (κ3) is 5.10. The van der Waals surface area contributed by atoms with Crippen LogP contribution < -0.4 is 10.8 Å². The Kier molecular flexibility index (Phi) is 7.56. The summed E-state index contributed by atoms with van der Waals surface area (Å²) in [5.41, 5.74) is 1.70. The second-order valence-corrected chi connectivity index (χ2v) is 6.43. The van der Waals surface area contributed by atoms with Crippen LogP contribution in [0.2, 0.25) is 0 Å². The van der Waals surface area contributed by atoms with Crippen LogP contribution in [0.4, 0.5) is 0 Å². The number of hydrogen-bond donors (Lipinski definition) is 4. The Balaban J connectivity index is 2.09. The maximum atomic E-state index is 12.6. The number of nitrogens with zero attached hydrogens (tertiary/aromatic N) is 1. The molecule has 28 heavy (non-hydrogen) atoms. The number of hydrogen-bond acceptors (Lipinski definition) is 6. The molecular formula is C20H23N3O5. The second-order valence-electron chi connectivity index (χ2n) is 6.43. The van der Waals surface area contributed by atoms with Crippen molar-refractivity contribution in [2.24, 2.45) is 0 Å². The molecule has 1 fully saturated rings. The zero-order valence-electron chi connectivity index (χ0n) is 15.8. The molecule has 2 amide bonds. The summed E-state index contributed by atoms with van der Waals surface area (Å²) in [6, 6.07) is 5.45. The van der Waals surface area contributed by atoms with Gasteiger partial charge in [-0.15, -0.1) is 0 Å². The minimum absolute atomic E-state index is 0.00552. The SMILES string of the molecule is COC1(C(NC(=O)c2ccc(C#CC#CCCO)cc2)C(=O)NO)CN(C)C1. The van der Waals surface area contributed by atoms with Gasteiger partial charge in [-0.05, 0) is 43.2 Å². The van der Waals surface area contributed by atoms with E-state index in [1.54, 1.807) is 29.7 Å². The van der Waals surface area contributed by atoms with Crippen molar-refractivity contribution in [1.82, 2.24) is 15.7 Å². The molecule has 4 N–H and O–H groups in total. The maximum Gasteiger partial charge on any atom is 0.269 e. The topological polar surface area (TPSA) is 111 Å². The molecule has 1 atom stereocenters. The Morgan fingerprint density at radius 3 is 2.50 bits per heavy atom. The summed E-state index contributed by atoms with van der Waals surface area (Å²) >= 11 is 0. The quantitative estimate of drug-likeness (QED) is 0.295. The van der Waals surface area contributed by atoms with Crippen molar-refractivity contribution < 1.29 is 24.6 Å². The molecule has 1 aromatic rings. The Hall–Kier alpha value is -2.88. The summed E-state index contributed by atoms with van der Waals surface area (Å²) in [7, 11) is 3.33. The maximum absolute atomic E-state index is 12.6. The van der Waals surface area contributed by atoms with E-state index in [1.807, 2.05) is 11.9 Å². The van der Waals surface area contributed by atoms with Gasteiger partial charge < -0.3 is 20.1 Å². The van der Waals surface area contributed by atoms with Crippen LogP contribution in [0, 0.1) is 23.7 Å². The van der Waals surface area contributed by atoms with Crippen molar-refractivity contribution in [2.45, 2.75) is 18.1 Å². The van der Waals surface area contributed by atoms with Crippen LogP contribution in [0.25, 0.3) is 0 Å². The standard InChI is InChI=1S/C20H23N3O5/c1-23-13-20(14-23,28-2)17(19(26)22-27)21-18(25)16-10-8-15(9-11-16)7-5-3-4-6-12-24/h8-11,17,24,27H,6,12-14H2,1-2H3,(H,21,25)(H,22,26). The van der Waals surface area contributed by atoms with Crippen molar-refractivity contribution in [3.63, 3.8) is 0 Å². The number of carbonyl (C=O) groups excluding carboxylic acids is 2. The van der Waals surface area contributed by atoms with Crippen molar-refractivity contribution >= 4 is 11.8 Å². The van der Waals surface area contributed by atoms with E-state index in [2.05, 4.69) is 29.0 Å². The summed E-state index contributed by atoms with van der Waals surface area (Å²) < 4.78 is 5.48. The molecule has 1 saturated heterocycles. The number of aliphatic hydroxyl groups is 1. The number of likely N-dealkylation sites (N-methyl/N-ethyl adjacent to an activating group) is 1. The number of carbonyl (C=O) groups is 2. The van der Waals surface area contributed by atoms with Gasteiger partial charge in [0, 0.05) is 37.7 Å². The van der Waals surface area contributed by atoms with Gasteiger partial charge >= 0.3 is 0 Å². The number of nitrogens with one attached hydrogen (secondary N) is 2. The molecule has 1 aromatic carbocycles. The summed E-state index contributed by atoms with van der Waals surface area (Å²) in [5.74, 6) is 9.60. The highest BCUT2D eigenvalue weighted by Crippen LogP contribution is 2.27. The summed E-state index contributed by atoms with van der Waals surface area (Å²) in [6.07, 6.45) is 0.370. The minimum atomic E-state index is -1.05. The van der Waals surface area contributed by atoms with Crippen LogP contribution in [0.15, 0.2) is 24.3 Å². The van der Waals surface area contributed by atoms with Crippen LogP contribution >= 0.6 is 0 Å². The van der Waals surface area contributed by atoms with Gasteiger partial charge in [-0.2, -0.15) is 0 Å². The molecule has 0 spiro atoms. The smallest absolute Gasteiger partial charge is 0.269 e. The molecule has 0 radical (unpaired) electrons. The molecule has 1 aliphatic rings. The zero-order chi connectivity index (χ0) is 20.6. The summed E-state index contributed by atoms with van der Waals surface area (Å²) in [6.45, 7) is 0.871. The third-order valence-electron chi connectivity index (χ3n) is 4.40. The fourth-order valence-corrected chi connectivity index (χ4v) is 2.98. The predicted molar refractivity (Wildman–Crippen MR) is 101 cm³/mol. The van der Waals surface area contributed by atoms with E-state index in [1.165, 1.54) is 7.11 Å².